The van der Waals surface area contributed by atoms with Crippen molar-refractivity contribution in [1.29, 1.82) is 0 Å². The zero-order valence-electron chi connectivity index (χ0n) is 15.0. The fourth-order valence-electron chi connectivity index (χ4n) is 4.94. The summed E-state index contributed by atoms with van der Waals surface area (Å²) in [6.45, 7) is 10.3. The highest BCUT2D eigenvalue weighted by molar-refractivity contribution is 4.81. The third kappa shape index (κ3) is 5.70. The predicted molar refractivity (Wildman–Crippen MR) is 93.7 cm³/mol. The highest BCUT2D eigenvalue weighted by Gasteiger charge is 2.27. The van der Waals surface area contributed by atoms with Gasteiger partial charge in [0, 0.05) is 39.8 Å². The molecule has 0 aromatic rings. The first-order valence-electron chi connectivity index (χ1n) is 9.85. The van der Waals surface area contributed by atoms with Crippen LogP contribution in [0.25, 0.3) is 0 Å². The zero-order chi connectivity index (χ0) is 15.9. The molecule has 0 aromatic heterocycles. The summed E-state index contributed by atoms with van der Waals surface area (Å²) in [6, 6.07) is 0. The molecule has 1 aliphatic carbocycles. The first-order valence-corrected chi connectivity index (χ1v) is 9.85. The molecule has 0 radical (unpaired) electrons. The fraction of sp³-hybridized carbons (Fsp3) is 1.00. The minimum absolute atomic E-state index is 0.765. The second-order valence-corrected chi connectivity index (χ2v) is 8.03. The second-order valence-electron chi connectivity index (χ2n) is 8.03. The summed E-state index contributed by atoms with van der Waals surface area (Å²) in [5.74, 6) is 2.61. The van der Waals surface area contributed by atoms with Crippen LogP contribution in [-0.2, 0) is 9.47 Å². The number of methoxy groups -OCH3 is 1. The molecule has 0 aromatic carbocycles. The summed E-state index contributed by atoms with van der Waals surface area (Å²) >= 11 is 0. The van der Waals surface area contributed by atoms with Gasteiger partial charge >= 0.3 is 0 Å². The van der Waals surface area contributed by atoms with E-state index in [1.54, 1.807) is 0 Å². The molecule has 4 nitrogen and oxygen atoms in total. The number of hydrogen-bond donors (Lipinski definition) is 0. The lowest BCUT2D eigenvalue weighted by atomic mass is 9.80. The lowest BCUT2D eigenvalue weighted by molar-refractivity contribution is 0.0232. The zero-order valence-corrected chi connectivity index (χ0v) is 15.0. The molecule has 0 amide bonds. The van der Waals surface area contributed by atoms with Crippen molar-refractivity contribution in [2.45, 2.75) is 38.5 Å². The van der Waals surface area contributed by atoms with Crippen molar-refractivity contribution in [2.75, 3.05) is 66.2 Å². The third-order valence-corrected chi connectivity index (χ3v) is 6.03. The molecule has 0 spiro atoms. The monoisotopic (exact) mass is 324 g/mol. The molecule has 3 rings (SSSR count). The van der Waals surface area contributed by atoms with Gasteiger partial charge in [-0.3, -0.25) is 4.90 Å². The Morgan fingerprint density at radius 3 is 2.30 bits per heavy atom. The fourth-order valence-corrected chi connectivity index (χ4v) is 4.94. The van der Waals surface area contributed by atoms with Gasteiger partial charge in [0.05, 0.1) is 19.8 Å². The van der Waals surface area contributed by atoms with E-state index >= 15 is 0 Å². The smallest absolute Gasteiger partial charge is 0.0594 e. The number of morpholine rings is 1. The van der Waals surface area contributed by atoms with Crippen LogP contribution >= 0.6 is 0 Å². The molecule has 4 heteroatoms. The van der Waals surface area contributed by atoms with Crippen LogP contribution in [0.2, 0.25) is 0 Å². The van der Waals surface area contributed by atoms with E-state index in [2.05, 4.69) is 9.80 Å². The summed E-state index contributed by atoms with van der Waals surface area (Å²) < 4.78 is 10.9. The first-order chi connectivity index (χ1) is 11.3. The maximum Gasteiger partial charge on any atom is 0.0594 e. The molecule has 0 bridgehead atoms. The van der Waals surface area contributed by atoms with Crippen molar-refractivity contribution in [1.82, 2.24) is 9.80 Å². The van der Waals surface area contributed by atoms with Gasteiger partial charge in [0.2, 0.25) is 0 Å². The molecule has 2 heterocycles. The van der Waals surface area contributed by atoms with Crippen LogP contribution in [0, 0.1) is 17.8 Å². The van der Waals surface area contributed by atoms with Gasteiger partial charge in [-0.1, -0.05) is 6.42 Å². The van der Waals surface area contributed by atoms with Crippen LogP contribution in [0.1, 0.15) is 38.5 Å². The molecule has 3 unspecified atom stereocenters. The van der Waals surface area contributed by atoms with Gasteiger partial charge in [0.1, 0.15) is 0 Å². The Balaban J connectivity index is 1.41. The van der Waals surface area contributed by atoms with E-state index < -0.39 is 0 Å². The van der Waals surface area contributed by atoms with Crippen LogP contribution in [-0.4, -0.2) is 76.0 Å². The van der Waals surface area contributed by atoms with Gasteiger partial charge < -0.3 is 14.4 Å². The van der Waals surface area contributed by atoms with Gasteiger partial charge in [0.25, 0.3) is 0 Å². The molecular weight excluding hydrogens is 288 g/mol. The molecule has 3 aliphatic rings. The van der Waals surface area contributed by atoms with E-state index in [1.807, 2.05) is 7.11 Å². The van der Waals surface area contributed by atoms with Crippen molar-refractivity contribution >= 4 is 0 Å². The van der Waals surface area contributed by atoms with E-state index in [0.717, 1.165) is 50.7 Å². The van der Waals surface area contributed by atoms with Gasteiger partial charge in [-0.25, -0.2) is 0 Å². The van der Waals surface area contributed by atoms with E-state index in [-0.39, 0.29) is 0 Å². The van der Waals surface area contributed by atoms with E-state index in [0.29, 0.717) is 0 Å². The topological polar surface area (TPSA) is 24.9 Å². The Labute approximate surface area is 142 Å². The molecule has 1 saturated carbocycles. The Morgan fingerprint density at radius 1 is 0.870 bits per heavy atom. The molecule has 134 valence electrons. The van der Waals surface area contributed by atoms with Crippen molar-refractivity contribution in [3.63, 3.8) is 0 Å². The number of hydrogen-bond acceptors (Lipinski definition) is 4. The largest absolute Gasteiger partial charge is 0.384 e. The Hall–Kier alpha value is -0.160. The second kappa shape index (κ2) is 9.36. The van der Waals surface area contributed by atoms with Crippen molar-refractivity contribution in [3.8, 4) is 0 Å². The van der Waals surface area contributed by atoms with Gasteiger partial charge in [-0.05, 0) is 56.4 Å². The maximum atomic E-state index is 5.48. The van der Waals surface area contributed by atoms with Crippen molar-refractivity contribution < 1.29 is 9.47 Å². The summed E-state index contributed by atoms with van der Waals surface area (Å²) in [4.78, 5) is 5.36. The quantitative estimate of drug-likeness (QED) is 0.749. The first kappa shape index (κ1) is 17.7. The highest BCUT2D eigenvalue weighted by Crippen LogP contribution is 2.31. The number of nitrogens with zero attached hydrogens (tertiary/aromatic N) is 2. The van der Waals surface area contributed by atoms with Crippen molar-refractivity contribution in [3.05, 3.63) is 0 Å². The van der Waals surface area contributed by atoms with Gasteiger partial charge in [-0.15, -0.1) is 0 Å². The third-order valence-electron chi connectivity index (χ3n) is 6.03. The highest BCUT2D eigenvalue weighted by atomic mass is 16.5. The van der Waals surface area contributed by atoms with Crippen LogP contribution in [0.3, 0.4) is 0 Å². The SMILES string of the molecule is COCC1CCCN(CC2CCCC(CN3CCOCC3)C2)C1. The van der Waals surface area contributed by atoms with E-state index in [1.165, 1.54) is 64.7 Å². The van der Waals surface area contributed by atoms with Gasteiger partial charge in [0.15, 0.2) is 0 Å². The molecule has 2 aliphatic heterocycles. The molecule has 3 fully saturated rings. The van der Waals surface area contributed by atoms with E-state index in [4.69, 9.17) is 9.47 Å². The van der Waals surface area contributed by atoms with Gasteiger partial charge in [-0.2, -0.15) is 0 Å². The minimum atomic E-state index is 0.765. The Morgan fingerprint density at radius 2 is 1.57 bits per heavy atom. The van der Waals surface area contributed by atoms with Crippen LogP contribution in [0.15, 0.2) is 0 Å². The number of rotatable bonds is 6. The molecule has 23 heavy (non-hydrogen) atoms. The predicted octanol–water partition coefficient (Wildman–Crippen LogP) is 2.48. The van der Waals surface area contributed by atoms with Crippen LogP contribution in [0.4, 0.5) is 0 Å². The maximum absolute atomic E-state index is 5.48. The summed E-state index contributed by atoms with van der Waals surface area (Å²) in [5.41, 5.74) is 0. The van der Waals surface area contributed by atoms with Crippen molar-refractivity contribution in [2.24, 2.45) is 17.8 Å². The average Bonchev–Trinajstić information content (AvgIpc) is 2.57. The molecular formula is C19H36N2O2. The standard InChI is InChI=1S/C19H36N2O2/c1-22-16-19-6-3-7-21(15-19)14-18-5-2-4-17(12-18)13-20-8-10-23-11-9-20/h17-19H,2-16H2,1H3. The minimum Gasteiger partial charge on any atom is -0.384 e. The Bertz CT molecular complexity index is 331. The molecule has 2 saturated heterocycles. The van der Waals surface area contributed by atoms with Crippen LogP contribution in [0.5, 0.6) is 0 Å². The van der Waals surface area contributed by atoms with Crippen LogP contribution < -0.4 is 0 Å². The average molecular weight is 325 g/mol. The van der Waals surface area contributed by atoms with E-state index in [9.17, 15) is 0 Å². The summed E-state index contributed by atoms with van der Waals surface area (Å²) in [6.07, 6.45) is 8.50. The lowest BCUT2D eigenvalue weighted by Crippen LogP contribution is -2.43. The summed E-state index contributed by atoms with van der Waals surface area (Å²) in [7, 11) is 1.84. The normalized spacial score (nSPS) is 34.6. The number of likely N-dealkylation sites (tertiary alicyclic amines) is 1. The summed E-state index contributed by atoms with van der Waals surface area (Å²) in [5, 5.41) is 0. The molecule has 3 atom stereocenters. The number of piperidine rings is 1. The lowest BCUT2D eigenvalue weighted by Gasteiger charge is -2.39. The Kier molecular flexibility index (Phi) is 7.18. The molecule has 0 N–H and O–H groups in total. The number of ether oxygens (including phenoxy) is 2.